The van der Waals surface area contributed by atoms with Crippen LogP contribution in [0.3, 0.4) is 0 Å². The average Bonchev–Trinajstić information content (AvgIpc) is 2.18. The minimum atomic E-state index is 0.493. The highest BCUT2D eigenvalue weighted by Gasteiger charge is 2.09. The summed E-state index contributed by atoms with van der Waals surface area (Å²) >= 11 is 3.27. The van der Waals surface area contributed by atoms with Gasteiger partial charge >= 0.3 is 0 Å². The van der Waals surface area contributed by atoms with Crippen LogP contribution >= 0.6 is 15.9 Å². The monoisotopic (exact) mass is 248 g/mol. The highest BCUT2D eigenvalue weighted by molar-refractivity contribution is 9.10. The molecule has 0 amide bonds. The Bertz CT molecular complexity index is 546. The Morgan fingerprint density at radius 2 is 2.14 bits per heavy atom. The first-order chi connectivity index (χ1) is 6.74. The molecule has 0 fully saturated rings. The normalized spacial score (nSPS) is 10.0. The van der Waals surface area contributed by atoms with Gasteiger partial charge in [-0.05, 0) is 28.1 Å². The second-order valence-electron chi connectivity index (χ2n) is 2.80. The zero-order valence-corrected chi connectivity index (χ0v) is 8.65. The van der Waals surface area contributed by atoms with Crippen LogP contribution in [0.15, 0.2) is 34.9 Å². The molecule has 14 heavy (non-hydrogen) atoms. The van der Waals surface area contributed by atoms with E-state index >= 15 is 0 Å². The summed E-state index contributed by atoms with van der Waals surface area (Å²) in [5.74, 6) is 0. The van der Waals surface area contributed by atoms with Crippen molar-refractivity contribution in [3.63, 3.8) is 0 Å². The van der Waals surface area contributed by atoms with Gasteiger partial charge in [-0.2, -0.15) is 9.99 Å². The van der Waals surface area contributed by atoms with Crippen molar-refractivity contribution in [1.29, 1.82) is 5.26 Å². The Morgan fingerprint density at radius 3 is 2.86 bits per heavy atom. The number of nitrogens with zero attached hydrogens (tertiary/aromatic N) is 2. The van der Waals surface area contributed by atoms with Crippen molar-refractivity contribution in [2.24, 2.45) is 0 Å². The molecule has 2 rings (SSSR count). The summed E-state index contributed by atoms with van der Waals surface area (Å²) in [7, 11) is 0. The topological polar surface area (TPSA) is 50.7 Å². The standard InChI is InChI=1S/C10H5BrN2O/c11-9-3-4-10-7(8(9)6-12)2-1-5-13(10)14/h1-5H. The zero-order chi connectivity index (χ0) is 10.1. The fraction of sp³-hybridized carbons (Fsp3) is 0. The minimum absolute atomic E-state index is 0.493. The predicted molar refractivity (Wildman–Crippen MR) is 55.3 cm³/mol. The lowest BCUT2D eigenvalue weighted by atomic mass is 10.1. The van der Waals surface area contributed by atoms with E-state index < -0.39 is 0 Å². The van der Waals surface area contributed by atoms with E-state index in [1.807, 2.05) is 0 Å². The lowest BCUT2D eigenvalue weighted by molar-refractivity contribution is -0.577. The number of nitriles is 1. The van der Waals surface area contributed by atoms with Gasteiger partial charge in [0.2, 0.25) is 5.52 Å². The molecule has 0 aliphatic rings. The third-order valence-electron chi connectivity index (χ3n) is 2.01. The second kappa shape index (κ2) is 3.28. The molecule has 0 saturated heterocycles. The van der Waals surface area contributed by atoms with Gasteiger partial charge in [0.25, 0.3) is 0 Å². The molecule has 0 aliphatic carbocycles. The number of halogens is 1. The predicted octanol–water partition coefficient (Wildman–Crippen LogP) is 2.11. The van der Waals surface area contributed by atoms with Gasteiger partial charge in [0, 0.05) is 16.6 Å². The molecule has 3 nitrogen and oxygen atoms in total. The molecule has 4 heteroatoms. The molecule has 0 N–H and O–H groups in total. The van der Waals surface area contributed by atoms with E-state index in [1.54, 1.807) is 24.3 Å². The minimum Gasteiger partial charge on any atom is -0.618 e. The van der Waals surface area contributed by atoms with Crippen LogP contribution in [-0.2, 0) is 0 Å². The lowest BCUT2D eigenvalue weighted by Gasteiger charge is -2.02. The summed E-state index contributed by atoms with van der Waals surface area (Å²) in [6, 6.07) is 8.84. The third kappa shape index (κ3) is 1.22. The summed E-state index contributed by atoms with van der Waals surface area (Å²) in [5.41, 5.74) is 1.000. The first kappa shape index (κ1) is 8.97. The van der Waals surface area contributed by atoms with Gasteiger partial charge in [-0.25, -0.2) is 0 Å². The molecular formula is C10H5BrN2O. The van der Waals surface area contributed by atoms with Crippen molar-refractivity contribution in [2.75, 3.05) is 0 Å². The van der Waals surface area contributed by atoms with Crippen molar-refractivity contribution in [1.82, 2.24) is 0 Å². The van der Waals surface area contributed by atoms with E-state index in [4.69, 9.17) is 5.26 Å². The molecule has 1 heterocycles. The van der Waals surface area contributed by atoms with Gasteiger partial charge in [-0.3, -0.25) is 0 Å². The second-order valence-corrected chi connectivity index (χ2v) is 3.66. The fourth-order valence-electron chi connectivity index (χ4n) is 1.35. The van der Waals surface area contributed by atoms with E-state index in [0.29, 0.717) is 20.9 Å². The van der Waals surface area contributed by atoms with Crippen molar-refractivity contribution in [3.05, 3.63) is 45.7 Å². The summed E-state index contributed by atoms with van der Waals surface area (Å²) < 4.78 is 1.46. The van der Waals surface area contributed by atoms with Gasteiger partial charge in [0.05, 0.1) is 10.9 Å². The Labute approximate surface area is 88.9 Å². The quantitative estimate of drug-likeness (QED) is 0.530. The van der Waals surface area contributed by atoms with Gasteiger partial charge in [0.15, 0.2) is 6.20 Å². The highest BCUT2D eigenvalue weighted by Crippen LogP contribution is 2.23. The van der Waals surface area contributed by atoms with E-state index in [1.165, 1.54) is 6.20 Å². The smallest absolute Gasteiger partial charge is 0.225 e. The van der Waals surface area contributed by atoms with E-state index in [9.17, 15) is 5.21 Å². The summed E-state index contributed by atoms with van der Waals surface area (Å²) in [5, 5.41) is 20.9. The first-order valence-corrected chi connectivity index (χ1v) is 4.74. The maximum atomic E-state index is 11.4. The van der Waals surface area contributed by atoms with Crippen LogP contribution in [-0.4, -0.2) is 0 Å². The van der Waals surface area contributed by atoms with Gasteiger partial charge in [-0.1, -0.05) is 0 Å². The Morgan fingerprint density at radius 1 is 1.36 bits per heavy atom. The molecule has 0 unspecified atom stereocenters. The van der Waals surface area contributed by atoms with Crippen molar-refractivity contribution < 1.29 is 4.73 Å². The third-order valence-corrected chi connectivity index (χ3v) is 2.67. The molecular weight excluding hydrogens is 244 g/mol. The molecule has 0 spiro atoms. The molecule has 68 valence electrons. The molecule has 1 aromatic carbocycles. The number of hydrogen-bond acceptors (Lipinski definition) is 2. The van der Waals surface area contributed by atoms with Crippen LogP contribution in [0.2, 0.25) is 0 Å². The molecule has 0 saturated carbocycles. The van der Waals surface area contributed by atoms with Crippen molar-refractivity contribution >= 4 is 26.8 Å². The van der Waals surface area contributed by atoms with Crippen LogP contribution in [0.5, 0.6) is 0 Å². The van der Waals surface area contributed by atoms with Gasteiger partial charge in [-0.15, -0.1) is 0 Å². The zero-order valence-electron chi connectivity index (χ0n) is 7.07. The number of pyridine rings is 1. The van der Waals surface area contributed by atoms with Crippen molar-refractivity contribution in [3.8, 4) is 6.07 Å². The van der Waals surface area contributed by atoms with E-state index in [2.05, 4.69) is 22.0 Å². The summed E-state index contributed by atoms with van der Waals surface area (Å²) in [6.07, 6.45) is 1.41. The van der Waals surface area contributed by atoms with Gasteiger partial charge in [0.1, 0.15) is 6.07 Å². The number of aromatic nitrogens is 1. The van der Waals surface area contributed by atoms with E-state index in [0.717, 1.165) is 4.73 Å². The highest BCUT2D eigenvalue weighted by atomic mass is 79.9. The van der Waals surface area contributed by atoms with Crippen LogP contribution in [0, 0.1) is 16.5 Å². The molecule has 1 aromatic heterocycles. The largest absolute Gasteiger partial charge is 0.618 e. The maximum Gasteiger partial charge on any atom is 0.225 e. The van der Waals surface area contributed by atoms with E-state index in [-0.39, 0.29) is 0 Å². The number of hydrogen-bond donors (Lipinski definition) is 0. The molecule has 0 radical (unpaired) electrons. The number of fused-ring (bicyclic) bond motifs is 1. The van der Waals surface area contributed by atoms with Crippen LogP contribution < -0.4 is 4.73 Å². The maximum absolute atomic E-state index is 11.4. The Kier molecular flexibility index (Phi) is 2.10. The summed E-state index contributed by atoms with van der Waals surface area (Å²) in [4.78, 5) is 0. The van der Waals surface area contributed by atoms with Crippen LogP contribution in [0.25, 0.3) is 10.9 Å². The van der Waals surface area contributed by atoms with Crippen LogP contribution in [0.4, 0.5) is 0 Å². The average molecular weight is 249 g/mol. The molecule has 2 aromatic rings. The lowest BCUT2D eigenvalue weighted by Crippen LogP contribution is -2.25. The molecule has 0 atom stereocenters. The number of benzene rings is 1. The van der Waals surface area contributed by atoms with Gasteiger partial charge < -0.3 is 5.21 Å². The van der Waals surface area contributed by atoms with Crippen LogP contribution in [0.1, 0.15) is 5.56 Å². The molecule has 0 aliphatic heterocycles. The first-order valence-electron chi connectivity index (χ1n) is 3.94. The van der Waals surface area contributed by atoms with Crippen molar-refractivity contribution in [2.45, 2.75) is 0 Å². The molecule has 0 bridgehead atoms. The SMILES string of the molecule is N#Cc1c(Br)ccc2c1ccc[n+]2[O-]. The number of rotatable bonds is 0. The summed E-state index contributed by atoms with van der Waals surface area (Å²) in [6.45, 7) is 0. The fourth-order valence-corrected chi connectivity index (χ4v) is 1.79. The Hall–Kier alpha value is -1.60. The Balaban J connectivity index is 2.97.